The zero-order chi connectivity index (χ0) is 12.3. The van der Waals surface area contributed by atoms with E-state index in [1.54, 1.807) is 4.90 Å². The molecule has 1 unspecified atom stereocenters. The first-order valence-electron chi connectivity index (χ1n) is 5.60. The van der Waals surface area contributed by atoms with Gasteiger partial charge in [0, 0.05) is 26.1 Å². The number of carbonyl (C=O) groups is 2. The van der Waals surface area contributed by atoms with Crippen LogP contribution in [0.3, 0.4) is 0 Å². The van der Waals surface area contributed by atoms with Crippen LogP contribution in [-0.4, -0.2) is 42.4 Å². The molecule has 1 aliphatic rings. The number of hydrogen-bond acceptors (Lipinski definition) is 3. The Labute approximate surface area is 96.4 Å². The van der Waals surface area contributed by atoms with E-state index in [9.17, 15) is 9.59 Å². The number of amides is 2. The van der Waals surface area contributed by atoms with Crippen molar-refractivity contribution in [2.45, 2.75) is 33.2 Å². The molecule has 16 heavy (non-hydrogen) atoms. The molecule has 1 saturated heterocycles. The van der Waals surface area contributed by atoms with Crippen LogP contribution < -0.4 is 11.1 Å². The summed E-state index contributed by atoms with van der Waals surface area (Å²) >= 11 is 0. The van der Waals surface area contributed by atoms with E-state index >= 15 is 0 Å². The Hall–Kier alpha value is -1.10. The highest BCUT2D eigenvalue weighted by atomic mass is 16.2. The van der Waals surface area contributed by atoms with Crippen molar-refractivity contribution < 1.29 is 9.59 Å². The summed E-state index contributed by atoms with van der Waals surface area (Å²) in [5.74, 6) is -0.298. The molecule has 2 amide bonds. The van der Waals surface area contributed by atoms with Crippen LogP contribution in [0.1, 0.15) is 27.2 Å². The van der Waals surface area contributed by atoms with E-state index in [1.807, 2.05) is 20.8 Å². The number of carbonyl (C=O) groups excluding carboxylic acids is 2. The first kappa shape index (κ1) is 13.0. The van der Waals surface area contributed by atoms with Crippen molar-refractivity contribution in [1.29, 1.82) is 0 Å². The van der Waals surface area contributed by atoms with Crippen molar-refractivity contribution in [2.24, 2.45) is 11.1 Å². The van der Waals surface area contributed by atoms with Crippen molar-refractivity contribution in [3.63, 3.8) is 0 Å². The van der Waals surface area contributed by atoms with Gasteiger partial charge in [0.15, 0.2) is 0 Å². The number of piperazine rings is 1. The average Bonchev–Trinajstić information content (AvgIpc) is 2.15. The van der Waals surface area contributed by atoms with Crippen LogP contribution in [0.15, 0.2) is 0 Å². The Morgan fingerprint density at radius 2 is 2.06 bits per heavy atom. The van der Waals surface area contributed by atoms with E-state index in [-0.39, 0.29) is 11.3 Å². The molecule has 1 fully saturated rings. The van der Waals surface area contributed by atoms with Crippen LogP contribution in [0.4, 0.5) is 0 Å². The second-order valence-electron chi connectivity index (χ2n) is 5.49. The SMILES string of the molecule is CC(C)(C)CC(=O)N1CCNC(C(N)=O)C1. The predicted molar refractivity (Wildman–Crippen MR) is 61.6 cm³/mol. The van der Waals surface area contributed by atoms with Gasteiger partial charge in [0.2, 0.25) is 11.8 Å². The second-order valence-corrected chi connectivity index (χ2v) is 5.49. The molecular weight excluding hydrogens is 206 g/mol. The predicted octanol–water partition coefficient (Wildman–Crippen LogP) is -0.292. The zero-order valence-corrected chi connectivity index (χ0v) is 10.2. The van der Waals surface area contributed by atoms with Gasteiger partial charge in [0.1, 0.15) is 6.04 Å². The molecule has 92 valence electrons. The second kappa shape index (κ2) is 4.82. The maximum absolute atomic E-state index is 11.9. The normalized spacial score (nSPS) is 21.9. The lowest BCUT2D eigenvalue weighted by molar-refractivity contribution is -0.135. The number of nitrogens with zero attached hydrogens (tertiary/aromatic N) is 1. The number of rotatable bonds is 2. The van der Waals surface area contributed by atoms with Crippen LogP contribution in [0.5, 0.6) is 0 Å². The molecule has 5 nitrogen and oxygen atoms in total. The zero-order valence-electron chi connectivity index (χ0n) is 10.2. The number of hydrogen-bond donors (Lipinski definition) is 2. The topological polar surface area (TPSA) is 75.4 Å². The molecule has 0 aromatic rings. The Kier molecular flexibility index (Phi) is 3.91. The van der Waals surface area contributed by atoms with E-state index in [2.05, 4.69) is 5.32 Å². The molecule has 0 radical (unpaired) electrons. The van der Waals surface area contributed by atoms with Crippen LogP contribution in [-0.2, 0) is 9.59 Å². The largest absolute Gasteiger partial charge is 0.368 e. The van der Waals surface area contributed by atoms with Crippen LogP contribution in [0.2, 0.25) is 0 Å². The molecule has 0 aromatic heterocycles. The van der Waals surface area contributed by atoms with E-state index in [0.29, 0.717) is 26.1 Å². The third-order valence-electron chi connectivity index (χ3n) is 2.55. The van der Waals surface area contributed by atoms with Gasteiger partial charge >= 0.3 is 0 Å². The minimum atomic E-state index is -0.405. The van der Waals surface area contributed by atoms with Gasteiger partial charge in [-0.2, -0.15) is 0 Å². The van der Waals surface area contributed by atoms with Gasteiger partial charge in [-0.1, -0.05) is 20.8 Å². The van der Waals surface area contributed by atoms with Gasteiger partial charge in [-0.25, -0.2) is 0 Å². The number of nitrogens with two attached hydrogens (primary N) is 1. The molecule has 1 rings (SSSR count). The van der Waals surface area contributed by atoms with Gasteiger partial charge in [-0.05, 0) is 5.41 Å². The molecule has 0 bridgehead atoms. The van der Waals surface area contributed by atoms with Crippen LogP contribution >= 0.6 is 0 Å². The van der Waals surface area contributed by atoms with Crippen LogP contribution in [0.25, 0.3) is 0 Å². The molecule has 1 atom stereocenters. The Bertz CT molecular complexity index is 283. The number of nitrogens with one attached hydrogen (secondary N) is 1. The van der Waals surface area contributed by atoms with Crippen molar-refractivity contribution in [1.82, 2.24) is 10.2 Å². The summed E-state index contributed by atoms with van der Waals surface area (Å²) in [7, 11) is 0. The highest BCUT2D eigenvalue weighted by molar-refractivity contribution is 5.82. The Morgan fingerprint density at radius 3 is 2.56 bits per heavy atom. The van der Waals surface area contributed by atoms with E-state index in [1.165, 1.54) is 0 Å². The molecule has 1 heterocycles. The molecule has 0 saturated carbocycles. The fourth-order valence-electron chi connectivity index (χ4n) is 1.73. The van der Waals surface area contributed by atoms with Crippen molar-refractivity contribution in [3.8, 4) is 0 Å². The quantitative estimate of drug-likeness (QED) is 0.680. The fourth-order valence-corrected chi connectivity index (χ4v) is 1.73. The number of primary amides is 1. The summed E-state index contributed by atoms with van der Waals surface area (Å²) < 4.78 is 0. The summed E-state index contributed by atoms with van der Waals surface area (Å²) in [5.41, 5.74) is 5.19. The van der Waals surface area contributed by atoms with E-state index in [4.69, 9.17) is 5.73 Å². The summed E-state index contributed by atoms with van der Waals surface area (Å²) in [5, 5.41) is 3.00. The summed E-state index contributed by atoms with van der Waals surface area (Å²) in [6.45, 7) is 7.75. The molecule has 0 aliphatic carbocycles. The first-order chi connectivity index (χ1) is 7.29. The Balaban J connectivity index is 2.54. The molecule has 3 N–H and O–H groups in total. The van der Waals surface area contributed by atoms with E-state index in [0.717, 1.165) is 0 Å². The fraction of sp³-hybridized carbons (Fsp3) is 0.818. The van der Waals surface area contributed by atoms with Gasteiger partial charge in [0.25, 0.3) is 0 Å². The van der Waals surface area contributed by atoms with Gasteiger partial charge in [-0.15, -0.1) is 0 Å². The minimum absolute atomic E-state index is 0.0236. The third kappa shape index (κ3) is 3.81. The summed E-state index contributed by atoms with van der Waals surface area (Å²) in [4.78, 5) is 24.7. The smallest absolute Gasteiger partial charge is 0.236 e. The molecular formula is C11H21N3O2. The lowest BCUT2D eigenvalue weighted by Crippen LogP contribution is -2.57. The summed E-state index contributed by atoms with van der Waals surface area (Å²) in [6.07, 6.45) is 0.498. The van der Waals surface area contributed by atoms with Crippen molar-refractivity contribution in [3.05, 3.63) is 0 Å². The van der Waals surface area contributed by atoms with E-state index < -0.39 is 11.9 Å². The maximum atomic E-state index is 11.9. The minimum Gasteiger partial charge on any atom is -0.368 e. The van der Waals surface area contributed by atoms with Gasteiger partial charge < -0.3 is 16.0 Å². The monoisotopic (exact) mass is 227 g/mol. The lowest BCUT2D eigenvalue weighted by atomic mass is 9.91. The average molecular weight is 227 g/mol. The molecule has 0 aromatic carbocycles. The summed E-state index contributed by atoms with van der Waals surface area (Å²) in [6, 6.07) is -0.405. The van der Waals surface area contributed by atoms with Crippen molar-refractivity contribution >= 4 is 11.8 Å². The lowest BCUT2D eigenvalue weighted by Gasteiger charge is -2.33. The molecule has 5 heteroatoms. The molecule has 1 aliphatic heterocycles. The maximum Gasteiger partial charge on any atom is 0.236 e. The third-order valence-corrected chi connectivity index (χ3v) is 2.55. The van der Waals surface area contributed by atoms with Crippen LogP contribution in [0, 0.1) is 5.41 Å². The van der Waals surface area contributed by atoms with Gasteiger partial charge in [-0.3, -0.25) is 9.59 Å². The van der Waals surface area contributed by atoms with Gasteiger partial charge in [0.05, 0.1) is 0 Å². The molecule has 0 spiro atoms. The Morgan fingerprint density at radius 1 is 1.44 bits per heavy atom. The highest BCUT2D eigenvalue weighted by Gasteiger charge is 2.28. The standard InChI is InChI=1S/C11H21N3O2/c1-11(2,3)6-9(15)14-5-4-13-8(7-14)10(12)16/h8,13H,4-7H2,1-3H3,(H2,12,16). The highest BCUT2D eigenvalue weighted by Crippen LogP contribution is 2.20. The first-order valence-corrected chi connectivity index (χ1v) is 5.60. The van der Waals surface area contributed by atoms with Crippen molar-refractivity contribution in [2.75, 3.05) is 19.6 Å².